The molecule has 94 valence electrons. The number of halogens is 1. The van der Waals surface area contributed by atoms with Crippen LogP contribution in [0.2, 0.25) is 0 Å². The summed E-state index contributed by atoms with van der Waals surface area (Å²) in [5, 5.41) is 6.55. The first-order valence-corrected chi connectivity index (χ1v) is 6.36. The van der Waals surface area contributed by atoms with Crippen LogP contribution in [0, 0.1) is 6.92 Å². The van der Waals surface area contributed by atoms with Crippen LogP contribution in [0.25, 0.3) is 0 Å². The molecular formula is C13H13BrN2O2. The smallest absolute Gasteiger partial charge is 0.290 e. The van der Waals surface area contributed by atoms with E-state index in [2.05, 4.69) is 26.4 Å². The molecule has 0 aliphatic rings. The lowest BCUT2D eigenvalue weighted by atomic mass is 10.1. The molecule has 0 fully saturated rings. The lowest BCUT2D eigenvalue weighted by Gasteiger charge is -2.14. The van der Waals surface area contributed by atoms with Crippen LogP contribution < -0.4 is 5.32 Å². The summed E-state index contributed by atoms with van der Waals surface area (Å²) in [6, 6.07) is 9.27. The van der Waals surface area contributed by atoms with Crippen LogP contribution in [0.3, 0.4) is 0 Å². The van der Waals surface area contributed by atoms with Gasteiger partial charge in [-0.15, -0.1) is 0 Å². The Morgan fingerprint density at radius 3 is 2.78 bits per heavy atom. The number of benzene rings is 1. The van der Waals surface area contributed by atoms with Crippen molar-refractivity contribution in [3.63, 3.8) is 0 Å². The maximum absolute atomic E-state index is 11.9. The lowest BCUT2D eigenvalue weighted by molar-refractivity contribution is 0.0902. The number of amides is 1. The third kappa shape index (κ3) is 2.79. The van der Waals surface area contributed by atoms with Crippen LogP contribution in [0.1, 0.15) is 34.8 Å². The number of hydrogen-bond donors (Lipinski definition) is 1. The Balaban J connectivity index is 2.10. The normalized spacial score (nSPS) is 12.2. The maximum atomic E-state index is 11.9. The Morgan fingerprint density at radius 1 is 1.44 bits per heavy atom. The molecule has 0 radical (unpaired) electrons. The first-order valence-electron chi connectivity index (χ1n) is 5.56. The zero-order chi connectivity index (χ0) is 13.1. The van der Waals surface area contributed by atoms with Gasteiger partial charge in [-0.3, -0.25) is 4.79 Å². The molecule has 1 aromatic heterocycles. The van der Waals surface area contributed by atoms with Gasteiger partial charge in [0.1, 0.15) is 0 Å². The highest BCUT2D eigenvalue weighted by Gasteiger charge is 2.16. The molecule has 0 unspecified atom stereocenters. The highest BCUT2D eigenvalue weighted by atomic mass is 79.9. The van der Waals surface area contributed by atoms with Crippen molar-refractivity contribution in [2.75, 3.05) is 0 Å². The molecule has 0 saturated heterocycles. The van der Waals surface area contributed by atoms with E-state index in [-0.39, 0.29) is 17.7 Å². The summed E-state index contributed by atoms with van der Waals surface area (Å²) >= 11 is 3.46. The molecule has 0 saturated carbocycles. The number of carbonyl (C=O) groups is 1. The monoisotopic (exact) mass is 308 g/mol. The second kappa shape index (κ2) is 5.35. The summed E-state index contributed by atoms with van der Waals surface area (Å²) in [5.41, 5.74) is 1.70. The molecule has 0 bridgehead atoms. The third-order valence-corrected chi connectivity index (χ3v) is 3.29. The second-order valence-electron chi connectivity index (χ2n) is 4.05. The zero-order valence-electron chi connectivity index (χ0n) is 10.1. The predicted octanol–water partition coefficient (Wildman–Crippen LogP) is 3.24. The van der Waals surface area contributed by atoms with Crippen molar-refractivity contribution in [2.45, 2.75) is 19.9 Å². The van der Waals surface area contributed by atoms with Crippen LogP contribution in [-0.4, -0.2) is 11.1 Å². The Morgan fingerprint density at radius 2 is 2.17 bits per heavy atom. The fraction of sp³-hybridized carbons (Fsp3) is 0.231. The van der Waals surface area contributed by atoms with Gasteiger partial charge in [0.2, 0.25) is 5.76 Å². The van der Waals surface area contributed by atoms with Crippen molar-refractivity contribution in [1.29, 1.82) is 0 Å². The van der Waals surface area contributed by atoms with Crippen LogP contribution in [0.15, 0.2) is 39.3 Å². The first kappa shape index (κ1) is 12.8. The standard InChI is InChI=1S/C13H13BrN2O2/c1-8-7-12(18-16-8)13(17)15-9(2)10-5-3-4-6-11(10)14/h3-7,9H,1-2H3,(H,15,17)/t9-/m0/s1. The molecule has 18 heavy (non-hydrogen) atoms. The molecule has 0 spiro atoms. The highest BCUT2D eigenvalue weighted by Crippen LogP contribution is 2.22. The molecule has 2 rings (SSSR count). The molecule has 1 atom stereocenters. The van der Waals surface area contributed by atoms with Gasteiger partial charge in [0.15, 0.2) is 0 Å². The average molecular weight is 309 g/mol. The molecule has 1 amide bonds. The zero-order valence-corrected chi connectivity index (χ0v) is 11.7. The van der Waals surface area contributed by atoms with Crippen LogP contribution in [-0.2, 0) is 0 Å². The van der Waals surface area contributed by atoms with Crippen LogP contribution >= 0.6 is 15.9 Å². The van der Waals surface area contributed by atoms with E-state index in [1.165, 1.54) is 0 Å². The number of nitrogens with zero attached hydrogens (tertiary/aromatic N) is 1. The number of carbonyl (C=O) groups excluding carboxylic acids is 1. The van der Waals surface area contributed by atoms with Gasteiger partial charge in [-0.2, -0.15) is 0 Å². The van der Waals surface area contributed by atoms with Crippen molar-refractivity contribution in [3.05, 3.63) is 51.8 Å². The maximum Gasteiger partial charge on any atom is 0.290 e. The van der Waals surface area contributed by atoms with Crippen LogP contribution in [0.4, 0.5) is 0 Å². The second-order valence-corrected chi connectivity index (χ2v) is 4.90. The molecule has 0 aliphatic heterocycles. The fourth-order valence-corrected chi connectivity index (χ4v) is 2.27. The van der Waals surface area contributed by atoms with E-state index in [0.29, 0.717) is 5.69 Å². The number of aromatic nitrogens is 1. The lowest BCUT2D eigenvalue weighted by Crippen LogP contribution is -2.26. The van der Waals surface area contributed by atoms with Gasteiger partial charge in [-0.05, 0) is 25.5 Å². The van der Waals surface area contributed by atoms with E-state index in [9.17, 15) is 4.79 Å². The molecule has 1 N–H and O–H groups in total. The van der Waals surface area contributed by atoms with Crippen LogP contribution in [0.5, 0.6) is 0 Å². The summed E-state index contributed by atoms with van der Waals surface area (Å²) in [7, 11) is 0. The topological polar surface area (TPSA) is 55.1 Å². The van der Waals surface area contributed by atoms with Gasteiger partial charge in [-0.25, -0.2) is 0 Å². The number of rotatable bonds is 3. The molecule has 1 heterocycles. The van der Waals surface area contributed by atoms with E-state index in [4.69, 9.17) is 4.52 Å². The van der Waals surface area contributed by atoms with E-state index in [1.807, 2.05) is 31.2 Å². The minimum atomic E-state index is -0.265. The molecular weight excluding hydrogens is 296 g/mol. The van der Waals surface area contributed by atoms with Gasteiger partial charge in [0.05, 0.1) is 11.7 Å². The van der Waals surface area contributed by atoms with Gasteiger partial charge < -0.3 is 9.84 Å². The Bertz CT molecular complexity index is 566. The highest BCUT2D eigenvalue weighted by molar-refractivity contribution is 9.10. The number of hydrogen-bond acceptors (Lipinski definition) is 3. The van der Waals surface area contributed by atoms with E-state index < -0.39 is 0 Å². The van der Waals surface area contributed by atoms with Crippen molar-refractivity contribution < 1.29 is 9.32 Å². The summed E-state index contributed by atoms with van der Waals surface area (Å²) in [4.78, 5) is 11.9. The van der Waals surface area contributed by atoms with E-state index in [1.54, 1.807) is 13.0 Å². The minimum absolute atomic E-state index is 0.113. The van der Waals surface area contributed by atoms with Gasteiger partial charge >= 0.3 is 0 Å². The largest absolute Gasteiger partial charge is 0.351 e. The number of nitrogens with one attached hydrogen (secondary N) is 1. The van der Waals surface area contributed by atoms with E-state index in [0.717, 1.165) is 10.0 Å². The molecule has 2 aromatic rings. The third-order valence-electron chi connectivity index (χ3n) is 2.57. The van der Waals surface area contributed by atoms with E-state index >= 15 is 0 Å². The minimum Gasteiger partial charge on any atom is -0.351 e. The Kier molecular flexibility index (Phi) is 3.81. The Labute approximate surface area is 113 Å². The van der Waals surface area contributed by atoms with Gasteiger partial charge in [0, 0.05) is 10.5 Å². The molecule has 1 aromatic carbocycles. The molecule has 0 aliphatic carbocycles. The van der Waals surface area contributed by atoms with Crippen molar-refractivity contribution in [2.24, 2.45) is 0 Å². The summed E-state index contributed by atoms with van der Waals surface area (Å²) in [6.07, 6.45) is 0. The summed E-state index contributed by atoms with van der Waals surface area (Å²) in [6.45, 7) is 3.69. The average Bonchev–Trinajstić information content (AvgIpc) is 2.76. The predicted molar refractivity (Wildman–Crippen MR) is 71.3 cm³/mol. The van der Waals surface area contributed by atoms with Crippen molar-refractivity contribution in [3.8, 4) is 0 Å². The van der Waals surface area contributed by atoms with Crippen molar-refractivity contribution in [1.82, 2.24) is 10.5 Å². The van der Waals surface area contributed by atoms with Gasteiger partial charge in [-0.1, -0.05) is 39.3 Å². The summed E-state index contributed by atoms with van der Waals surface area (Å²) in [5.74, 6) is -0.0368. The molecule has 4 nitrogen and oxygen atoms in total. The Hall–Kier alpha value is -1.62. The quantitative estimate of drug-likeness (QED) is 0.947. The first-order chi connectivity index (χ1) is 8.58. The fourth-order valence-electron chi connectivity index (χ4n) is 1.64. The SMILES string of the molecule is Cc1cc(C(=O)N[C@@H](C)c2ccccc2Br)on1. The van der Waals surface area contributed by atoms with Gasteiger partial charge in [0.25, 0.3) is 5.91 Å². The van der Waals surface area contributed by atoms with Crippen molar-refractivity contribution >= 4 is 21.8 Å². The number of aryl methyl sites for hydroxylation is 1. The molecule has 5 heteroatoms. The summed E-state index contributed by atoms with van der Waals surface area (Å²) < 4.78 is 5.88.